The topological polar surface area (TPSA) is 55.7 Å². The number of benzene rings is 3. The molecule has 8 heteroatoms. The van der Waals surface area contributed by atoms with Gasteiger partial charge in [0.1, 0.15) is 6.61 Å². The molecular weight excluding hydrogens is 453 g/mol. The third kappa shape index (κ3) is 5.47. The highest BCUT2D eigenvalue weighted by Crippen LogP contribution is 2.30. The predicted molar refractivity (Wildman–Crippen MR) is 129 cm³/mol. The molecule has 0 saturated carbocycles. The minimum atomic E-state index is 0.308. The van der Waals surface area contributed by atoms with E-state index in [1.165, 1.54) is 0 Å². The molecule has 3 aromatic carbocycles. The quantitative estimate of drug-likeness (QED) is 0.221. The molecule has 0 spiro atoms. The summed E-state index contributed by atoms with van der Waals surface area (Å²) < 4.78 is 12.8. The summed E-state index contributed by atoms with van der Waals surface area (Å²) in [6.07, 6.45) is 1.72. The Labute approximate surface area is 194 Å². The van der Waals surface area contributed by atoms with Crippen LogP contribution in [0.25, 0.3) is 10.2 Å². The fourth-order valence-corrected chi connectivity index (χ4v) is 4.15. The maximum absolute atomic E-state index is 6.23. The van der Waals surface area contributed by atoms with Gasteiger partial charge in [0, 0.05) is 15.6 Å². The number of para-hydroxylation sites is 1. The van der Waals surface area contributed by atoms with E-state index < -0.39 is 0 Å². The normalized spacial score (nSPS) is 11.2. The third-order valence-corrected chi connectivity index (χ3v) is 5.86. The van der Waals surface area contributed by atoms with Crippen molar-refractivity contribution in [1.29, 1.82) is 0 Å². The predicted octanol–water partition coefficient (Wildman–Crippen LogP) is 7.03. The van der Waals surface area contributed by atoms with Gasteiger partial charge in [-0.2, -0.15) is 5.10 Å². The van der Waals surface area contributed by atoms with Crippen molar-refractivity contribution in [2.45, 2.75) is 13.5 Å². The van der Waals surface area contributed by atoms with Gasteiger partial charge < -0.3 is 9.47 Å². The molecule has 0 unspecified atom stereocenters. The van der Waals surface area contributed by atoms with Gasteiger partial charge in [-0.05, 0) is 55.0 Å². The minimum Gasteiger partial charge on any atom is -0.490 e. The molecule has 4 aromatic rings. The minimum absolute atomic E-state index is 0.308. The Morgan fingerprint density at radius 3 is 2.71 bits per heavy atom. The summed E-state index contributed by atoms with van der Waals surface area (Å²) in [5, 5.41) is 6.19. The molecule has 31 heavy (non-hydrogen) atoms. The van der Waals surface area contributed by atoms with E-state index >= 15 is 0 Å². The van der Waals surface area contributed by atoms with Gasteiger partial charge in [-0.1, -0.05) is 52.7 Å². The van der Waals surface area contributed by atoms with Crippen LogP contribution in [0.1, 0.15) is 18.1 Å². The summed E-state index contributed by atoms with van der Waals surface area (Å²) in [6, 6.07) is 18.9. The maximum atomic E-state index is 6.23. The van der Waals surface area contributed by atoms with Crippen molar-refractivity contribution in [2.24, 2.45) is 5.10 Å². The molecule has 158 valence electrons. The summed E-state index contributed by atoms with van der Waals surface area (Å²) in [6.45, 7) is 2.75. The van der Waals surface area contributed by atoms with Crippen molar-refractivity contribution < 1.29 is 9.47 Å². The Morgan fingerprint density at radius 2 is 1.90 bits per heavy atom. The Morgan fingerprint density at radius 1 is 1.03 bits per heavy atom. The molecule has 0 amide bonds. The number of rotatable bonds is 8. The number of ether oxygens (including phenoxy) is 2. The van der Waals surface area contributed by atoms with Crippen molar-refractivity contribution in [2.75, 3.05) is 12.0 Å². The standard InChI is InChI=1S/C23H19Cl2N3O2S/c1-2-29-21-11-15(13-26-28-23-27-19-5-3-4-6-22(19)31-23)7-10-20(21)30-14-16-8-9-17(24)12-18(16)25/h3-13H,2,14H2,1H3,(H,27,28)/b26-13+. The Bertz CT molecular complexity index is 1190. The van der Waals surface area contributed by atoms with Crippen LogP contribution < -0.4 is 14.9 Å². The number of hydrogen-bond acceptors (Lipinski definition) is 6. The fraction of sp³-hybridized carbons (Fsp3) is 0.130. The number of thiazole rings is 1. The molecule has 0 aliphatic rings. The van der Waals surface area contributed by atoms with Gasteiger partial charge in [0.15, 0.2) is 11.5 Å². The first-order chi connectivity index (χ1) is 15.1. The fourth-order valence-electron chi connectivity index (χ4n) is 2.87. The Kier molecular flexibility index (Phi) is 6.92. The molecule has 1 aromatic heterocycles. The zero-order valence-corrected chi connectivity index (χ0v) is 19.0. The molecule has 0 aliphatic heterocycles. The van der Waals surface area contributed by atoms with Crippen LogP contribution in [-0.4, -0.2) is 17.8 Å². The largest absolute Gasteiger partial charge is 0.490 e. The number of aromatic nitrogens is 1. The Hall–Kier alpha value is -2.80. The lowest BCUT2D eigenvalue weighted by Gasteiger charge is -2.13. The van der Waals surface area contributed by atoms with Crippen molar-refractivity contribution in [1.82, 2.24) is 4.98 Å². The molecule has 0 bridgehead atoms. The van der Waals surface area contributed by atoms with Crippen LogP contribution in [0, 0.1) is 0 Å². The van der Waals surface area contributed by atoms with Crippen LogP contribution in [-0.2, 0) is 6.61 Å². The zero-order chi connectivity index (χ0) is 21.6. The molecular formula is C23H19Cl2N3O2S. The SMILES string of the molecule is CCOc1cc(/C=N/Nc2nc3ccccc3s2)ccc1OCc1ccc(Cl)cc1Cl. The van der Waals surface area contributed by atoms with Gasteiger partial charge in [0.05, 0.1) is 23.0 Å². The second-order valence-corrected chi connectivity index (χ2v) is 8.39. The van der Waals surface area contributed by atoms with Gasteiger partial charge in [-0.3, -0.25) is 5.43 Å². The number of nitrogens with one attached hydrogen (secondary N) is 1. The third-order valence-electron chi connectivity index (χ3n) is 4.33. The number of anilines is 1. The average molecular weight is 472 g/mol. The average Bonchev–Trinajstić information content (AvgIpc) is 3.17. The van der Waals surface area contributed by atoms with Crippen LogP contribution in [0.5, 0.6) is 11.5 Å². The van der Waals surface area contributed by atoms with E-state index in [-0.39, 0.29) is 0 Å². The highest BCUT2D eigenvalue weighted by molar-refractivity contribution is 7.22. The zero-order valence-electron chi connectivity index (χ0n) is 16.6. The lowest BCUT2D eigenvalue weighted by Crippen LogP contribution is -2.01. The highest BCUT2D eigenvalue weighted by atomic mass is 35.5. The van der Waals surface area contributed by atoms with Gasteiger partial charge in [0.25, 0.3) is 0 Å². The molecule has 1 N–H and O–H groups in total. The van der Waals surface area contributed by atoms with Crippen LogP contribution >= 0.6 is 34.5 Å². The van der Waals surface area contributed by atoms with Gasteiger partial charge in [-0.15, -0.1) is 0 Å². The van der Waals surface area contributed by atoms with Crippen LogP contribution in [0.4, 0.5) is 5.13 Å². The van der Waals surface area contributed by atoms with E-state index in [0.717, 1.165) is 26.5 Å². The van der Waals surface area contributed by atoms with E-state index in [9.17, 15) is 0 Å². The smallest absolute Gasteiger partial charge is 0.204 e. The lowest BCUT2D eigenvalue weighted by molar-refractivity contribution is 0.269. The van der Waals surface area contributed by atoms with Crippen molar-refractivity contribution in [3.8, 4) is 11.5 Å². The van der Waals surface area contributed by atoms with E-state index in [1.807, 2.05) is 55.5 Å². The van der Waals surface area contributed by atoms with Crippen molar-refractivity contribution in [3.05, 3.63) is 81.8 Å². The van der Waals surface area contributed by atoms with E-state index in [2.05, 4.69) is 15.5 Å². The monoisotopic (exact) mass is 471 g/mol. The molecule has 0 atom stereocenters. The van der Waals surface area contributed by atoms with E-state index in [4.69, 9.17) is 32.7 Å². The maximum Gasteiger partial charge on any atom is 0.204 e. The van der Waals surface area contributed by atoms with Gasteiger partial charge in [0.2, 0.25) is 5.13 Å². The molecule has 5 nitrogen and oxygen atoms in total. The van der Waals surface area contributed by atoms with Gasteiger partial charge >= 0.3 is 0 Å². The van der Waals surface area contributed by atoms with Crippen LogP contribution in [0.15, 0.2) is 65.8 Å². The summed E-state index contributed by atoms with van der Waals surface area (Å²) in [4.78, 5) is 4.50. The number of nitrogens with zero attached hydrogens (tertiary/aromatic N) is 2. The summed E-state index contributed by atoms with van der Waals surface area (Å²) in [7, 11) is 0. The second-order valence-electron chi connectivity index (χ2n) is 6.52. The number of hydrazone groups is 1. The first-order valence-corrected chi connectivity index (χ1v) is 11.2. The molecule has 0 radical (unpaired) electrons. The molecule has 1 heterocycles. The molecule has 4 rings (SSSR count). The van der Waals surface area contributed by atoms with E-state index in [1.54, 1.807) is 29.7 Å². The molecule has 0 aliphatic carbocycles. The molecule has 0 saturated heterocycles. The van der Waals surface area contributed by atoms with Crippen molar-refractivity contribution >= 4 is 56.1 Å². The lowest BCUT2D eigenvalue weighted by atomic mass is 10.2. The summed E-state index contributed by atoms with van der Waals surface area (Å²) in [5.74, 6) is 1.26. The first kappa shape index (κ1) is 21.4. The number of fused-ring (bicyclic) bond motifs is 1. The van der Waals surface area contributed by atoms with E-state index in [0.29, 0.717) is 34.8 Å². The second kappa shape index (κ2) is 10.0. The Balaban J connectivity index is 1.45. The summed E-state index contributed by atoms with van der Waals surface area (Å²) >= 11 is 13.7. The number of hydrogen-bond donors (Lipinski definition) is 1. The van der Waals surface area contributed by atoms with Crippen molar-refractivity contribution in [3.63, 3.8) is 0 Å². The first-order valence-electron chi connectivity index (χ1n) is 9.60. The van der Waals surface area contributed by atoms with Crippen LogP contribution in [0.3, 0.4) is 0 Å². The van der Waals surface area contributed by atoms with Gasteiger partial charge in [-0.25, -0.2) is 4.98 Å². The number of halogens is 2. The molecule has 0 fully saturated rings. The van der Waals surface area contributed by atoms with Crippen LogP contribution in [0.2, 0.25) is 10.0 Å². The highest BCUT2D eigenvalue weighted by Gasteiger charge is 2.09. The summed E-state index contributed by atoms with van der Waals surface area (Å²) in [5.41, 5.74) is 5.65.